The first kappa shape index (κ1) is 12.5. The number of nitrogens with zero attached hydrogens (tertiary/aromatic N) is 2. The third-order valence-corrected chi connectivity index (χ3v) is 2.84. The lowest BCUT2D eigenvalue weighted by atomic mass is 10.0. The monoisotopic (exact) mass is 243 g/mol. The van der Waals surface area contributed by atoms with Gasteiger partial charge in [0, 0.05) is 24.1 Å². The van der Waals surface area contributed by atoms with Crippen LogP contribution in [-0.4, -0.2) is 17.1 Å². The molecule has 0 aliphatic heterocycles. The van der Waals surface area contributed by atoms with Crippen molar-refractivity contribution >= 4 is 0 Å². The highest BCUT2D eigenvalue weighted by molar-refractivity contribution is 5.25. The number of methoxy groups -OCH3 is 1. The predicted molar refractivity (Wildman–Crippen MR) is 70.3 cm³/mol. The van der Waals surface area contributed by atoms with Gasteiger partial charge >= 0.3 is 0 Å². The van der Waals surface area contributed by atoms with Gasteiger partial charge in [-0.2, -0.15) is 0 Å². The fourth-order valence-electron chi connectivity index (χ4n) is 1.77. The van der Waals surface area contributed by atoms with Crippen LogP contribution in [-0.2, 0) is 6.42 Å². The fraction of sp³-hybridized carbons (Fsp3) is 0.286. The standard InChI is InChI=1S/C14H17N3O/c1-18-13-8-11(9-16-10-13)14(15)6-5-12-4-2-3-7-17-12/h2-4,7-10,14H,5-6,15H2,1H3. The maximum atomic E-state index is 6.14. The van der Waals surface area contributed by atoms with Crippen molar-refractivity contribution in [1.29, 1.82) is 0 Å². The van der Waals surface area contributed by atoms with Crippen molar-refractivity contribution in [2.45, 2.75) is 18.9 Å². The van der Waals surface area contributed by atoms with Crippen molar-refractivity contribution in [3.8, 4) is 5.75 Å². The highest BCUT2D eigenvalue weighted by atomic mass is 16.5. The molecule has 18 heavy (non-hydrogen) atoms. The molecule has 4 nitrogen and oxygen atoms in total. The zero-order chi connectivity index (χ0) is 12.8. The summed E-state index contributed by atoms with van der Waals surface area (Å²) in [7, 11) is 1.63. The highest BCUT2D eigenvalue weighted by Crippen LogP contribution is 2.19. The average molecular weight is 243 g/mol. The van der Waals surface area contributed by atoms with Crippen molar-refractivity contribution < 1.29 is 4.74 Å². The molecule has 1 atom stereocenters. The molecular weight excluding hydrogens is 226 g/mol. The molecular formula is C14H17N3O. The van der Waals surface area contributed by atoms with Crippen LogP contribution in [0.4, 0.5) is 0 Å². The van der Waals surface area contributed by atoms with Gasteiger partial charge in [0.2, 0.25) is 0 Å². The molecule has 0 aromatic carbocycles. The SMILES string of the molecule is COc1cncc(C(N)CCc2ccccn2)c1. The largest absolute Gasteiger partial charge is 0.495 e. The van der Waals surface area contributed by atoms with Crippen LogP contribution in [0.2, 0.25) is 0 Å². The molecule has 4 heteroatoms. The van der Waals surface area contributed by atoms with Gasteiger partial charge in [0.1, 0.15) is 5.75 Å². The number of ether oxygens (including phenoxy) is 1. The average Bonchev–Trinajstić information content (AvgIpc) is 2.46. The van der Waals surface area contributed by atoms with E-state index < -0.39 is 0 Å². The molecule has 0 amide bonds. The Morgan fingerprint density at radius 3 is 2.94 bits per heavy atom. The first-order valence-electron chi connectivity index (χ1n) is 5.94. The van der Waals surface area contributed by atoms with Crippen molar-refractivity contribution in [3.05, 3.63) is 54.1 Å². The van der Waals surface area contributed by atoms with Crippen LogP contribution in [0.3, 0.4) is 0 Å². The number of hydrogen-bond acceptors (Lipinski definition) is 4. The third kappa shape index (κ3) is 3.28. The molecule has 2 rings (SSSR count). The minimum atomic E-state index is -0.0467. The van der Waals surface area contributed by atoms with E-state index in [1.807, 2.05) is 24.3 Å². The Bertz CT molecular complexity index is 487. The summed E-state index contributed by atoms with van der Waals surface area (Å²) < 4.78 is 5.14. The Morgan fingerprint density at radius 2 is 2.22 bits per heavy atom. The zero-order valence-corrected chi connectivity index (χ0v) is 10.4. The molecule has 2 aromatic heterocycles. The van der Waals surface area contributed by atoms with Crippen molar-refractivity contribution in [3.63, 3.8) is 0 Å². The number of rotatable bonds is 5. The Morgan fingerprint density at radius 1 is 1.33 bits per heavy atom. The number of aryl methyl sites for hydroxylation is 1. The minimum Gasteiger partial charge on any atom is -0.495 e. The van der Waals surface area contributed by atoms with E-state index in [0.29, 0.717) is 0 Å². The first-order valence-corrected chi connectivity index (χ1v) is 5.94. The van der Waals surface area contributed by atoms with E-state index in [2.05, 4.69) is 9.97 Å². The quantitative estimate of drug-likeness (QED) is 0.873. The Labute approximate surface area is 107 Å². The second-order valence-electron chi connectivity index (χ2n) is 4.12. The zero-order valence-electron chi connectivity index (χ0n) is 10.4. The second-order valence-corrected chi connectivity index (χ2v) is 4.12. The lowest BCUT2D eigenvalue weighted by molar-refractivity contribution is 0.411. The Kier molecular flexibility index (Phi) is 4.25. The van der Waals surface area contributed by atoms with Crippen LogP contribution in [0.25, 0.3) is 0 Å². The molecule has 2 heterocycles. The summed E-state index contributed by atoms with van der Waals surface area (Å²) in [6.07, 6.45) is 6.96. The molecule has 1 unspecified atom stereocenters. The maximum Gasteiger partial charge on any atom is 0.137 e. The number of nitrogens with two attached hydrogens (primary N) is 1. The third-order valence-electron chi connectivity index (χ3n) is 2.84. The fourth-order valence-corrected chi connectivity index (χ4v) is 1.77. The van der Waals surface area contributed by atoms with E-state index in [-0.39, 0.29) is 6.04 Å². The number of pyridine rings is 2. The summed E-state index contributed by atoms with van der Waals surface area (Å²) in [6.45, 7) is 0. The molecule has 0 saturated heterocycles. The molecule has 0 radical (unpaired) electrons. The van der Waals surface area contributed by atoms with Gasteiger partial charge in [0.15, 0.2) is 0 Å². The van der Waals surface area contributed by atoms with Crippen LogP contribution in [0.5, 0.6) is 5.75 Å². The van der Waals surface area contributed by atoms with Gasteiger partial charge in [-0.05, 0) is 36.6 Å². The van der Waals surface area contributed by atoms with Crippen LogP contribution in [0, 0.1) is 0 Å². The van der Waals surface area contributed by atoms with E-state index in [4.69, 9.17) is 10.5 Å². The van der Waals surface area contributed by atoms with E-state index in [9.17, 15) is 0 Å². The molecule has 0 fully saturated rings. The molecule has 0 aliphatic carbocycles. The van der Waals surface area contributed by atoms with Crippen molar-refractivity contribution in [2.75, 3.05) is 7.11 Å². The lowest BCUT2D eigenvalue weighted by Gasteiger charge is -2.12. The van der Waals surface area contributed by atoms with Crippen LogP contribution >= 0.6 is 0 Å². The van der Waals surface area contributed by atoms with Gasteiger partial charge < -0.3 is 10.5 Å². The first-order chi connectivity index (χ1) is 8.79. The van der Waals surface area contributed by atoms with Crippen LogP contribution < -0.4 is 10.5 Å². The van der Waals surface area contributed by atoms with E-state index in [1.54, 1.807) is 25.7 Å². The summed E-state index contributed by atoms with van der Waals surface area (Å²) in [5.41, 5.74) is 8.19. The smallest absolute Gasteiger partial charge is 0.137 e. The lowest BCUT2D eigenvalue weighted by Crippen LogP contribution is -2.12. The Balaban J connectivity index is 1.97. The summed E-state index contributed by atoms with van der Waals surface area (Å²) in [5, 5.41) is 0. The topological polar surface area (TPSA) is 61.0 Å². The van der Waals surface area contributed by atoms with E-state index in [0.717, 1.165) is 29.8 Å². The van der Waals surface area contributed by atoms with Gasteiger partial charge in [-0.3, -0.25) is 9.97 Å². The van der Waals surface area contributed by atoms with Gasteiger partial charge in [-0.15, -0.1) is 0 Å². The predicted octanol–water partition coefficient (Wildman–Crippen LogP) is 2.12. The molecule has 2 aromatic rings. The molecule has 0 saturated carbocycles. The molecule has 2 N–H and O–H groups in total. The minimum absolute atomic E-state index is 0.0467. The number of aromatic nitrogens is 2. The summed E-state index contributed by atoms with van der Waals surface area (Å²) in [6, 6.07) is 7.79. The van der Waals surface area contributed by atoms with Crippen LogP contribution in [0.1, 0.15) is 23.7 Å². The normalized spacial score (nSPS) is 12.1. The summed E-state index contributed by atoms with van der Waals surface area (Å²) in [5.74, 6) is 0.737. The molecule has 0 bridgehead atoms. The summed E-state index contributed by atoms with van der Waals surface area (Å²) in [4.78, 5) is 8.39. The van der Waals surface area contributed by atoms with Crippen molar-refractivity contribution in [1.82, 2.24) is 9.97 Å². The summed E-state index contributed by atoms with van der Waals surface area (Å²) >= 11 is 0. The molecule has 94 valence electrons. The molecule has 0 spiro atoms. The van der Waals surface area contributed by atoms with E-state index >= 15 is 0 Å². The Hall–Kier alpha value is -1.94. The van der Waals surface area contributed by atoms with Gasteiger partial charge in [0.05, 0.1) is 13.3 Å². The van der Waals surface area contributed by atoms with Crippen molar-refractivity contribution in [2.24, 2.45) is 5.73 Å². The maximum absolute atomic E-state index is 6.14. The van der Waals surface area contributed by atoms with Gasteiger partial charge in [0.25, 0.3) is 0 Å². The van der Waals surface area contributed by atoms with E-state index in [1.165, 1.54) is 0 Å². The molecule has 0 aliphatic rings. The highest BCUT2D eigenvalue weighted by Gasteiger charge is 2.08. The van der Waals surface area contributed by atoms with Crippen LogP contribution in [0.15, 0.2) is 42.9 Å². The van der Waals surface area contributed by atoms with Gasteiger partial charge in [-0.1, -0.05) is 6.07 Å². The van der Waals surface area contributed by atoms with Gasteiger partial charge in [-0.25, -0.2) is 0 Å². The number of hydrogen-bond donors (Lipinski definition) is 1. The second kappa shape index (κ2) is 6.12.